The molecule has 0 saturated heterocycles. The second kappa shape index (κ2) is 26.6. The van der Waals surface area contributed by atoms with E-state index in [9.17, 15) is 52.7 Å². The lowest BCUT2D eigenvalue weighted by Crippen LogP contribution is -2.51. The third-order valence-corrected chi connectivity index (χ3v) is 11.4. The summed E-state index contributed by atoms with van der Waals surface area (Å²) in [4.78, 5) is 2.95. The first kappa shape index (κ1) is 60.5. The molecule has 4 aromatic carbocycles. The van der Waals surface area contributed by atoms with Crippen molar-refractivity contribution < 1.29 is 62.5 Å². The van der Waals surface area contributed by atoms with E-state index < -0.39 is 55.8 Å². The number of hydrogen-bond donors (Lipinski definition) is 4. The third-order valence-electron chi connectivity index (χ3n) is 7.58. The summed E-state index contributed by atoms with van der Waals surface area (Å²) < 4.78 is 159. The number of nitrogens with two attached hydrogens (primary N) is 1. The van der Waals surface area contributed by atoms with Crippen LogP contribution in [0.15, 0.2) is 121 Å². The lowest BCUT2D eigenvalue weighted by Gasteiger charge is -2.30. The highest BCUT2D eigenvalue weighted by atomic mass is 32.2. The van der Waals surface area contributed by atoms with Crippen molar-refractivity contribution in [3.8, 4) is 0 Å². The number of hydrogen-bond acceptors (Lipinski definition) is 10. The normalized spacial score (nSPS) is 13.0. The molecule has 0 aliphatic carbocycles. The van der Waals surface area contributed by atoms with Crippen LogP contribution in [-0.2, 0) is 10.5 Å². The number of nitrogens with one attached hydrogen (secondary N) is 2. The smallest absolute Gasteiger partial charge is 0.400 e. The molecule has 356 valence electrons. The summed E-state index contributed by atoms with van der Waals surface area (Å²) in [7, 11) is -0.236. The van der Waals surface area contributed by atoms with Crippen molar-refractivity contribution >= 4 is 72.4 Å². The molecule has 23 heteroatoms. The molecule has 4 aromatic rings. The van der Waals surface area contributed by atoms with Gasteiger partial charge in [0.2, 0.25) is 5.72 Å². The van der Waals surface area contributed by atoms with Gasteiger partial charge in [-0.25, -0.2) is 0 Å². The third kappa shape index (κ3) is 20.4. The average Bonchev–Trinajstić information content (AvgIpc) is 3.24. The Hall–Kier alpha value is -3.45. The van der Waals surface area contributed by atoms with Gasteiger partial charge in [-0.3, -0.25) is 16.6 Å². The van der Waals surface area contributed by atoms with Crippen LogP contribution in [0, 0.1) is 10.8 Å². The fourth-order valence-corrected chi connectivity index (χ4v) is 7.30. The van der Waals surface area contributed by atoms with E-state index in [1.54, 1.807) is 68.7 Å². The summed E-state index contributed by atoms with van der Waals surface area (Å²) >= 11 is 5.45. The minimum atomic E-state index is -4.65. The largest absolute Gasteiger partial charge is 0.435 e. The van der Waals surface area contributed by atoms with Gasteiger partial charge in [0.05, 0.1) is 0 Å². The van der Waals surface area contributed by atoms with E-state index in [2.05, 4.69) is 9.39 Å². The van der Waals surface area contributed by atoms with Gasteiger partial charge in [0.25, 0.3) is 0 Å². The Morgan fingerprint density at radius 1 is 0.547 bits per heavy atom. The van der Waals surface area contributed by atoms with Crippen molar-refractivity contribution in [1.82, 2.24) is 0 Å². The Morgan fingerprint density at radius 2 is 0.859 bits per heavy atom. The molecule has 4 rings (SSSR count). The molecule has 0 aliphatic heterocycles. The topological polar surface area (TPSA) is 116 Å². The zero-order valence-electron chi connectivity index (χ0n) is 35.8. The SMILES string of the molecule is CO.COC(N)(c1cccc(SC)c1)C(F)(F)F.CSc1cccc(C(=N)C(F)(F)F)c1.CSc1cccc(C(=N)C(F)(F)F)c1.CSc1cccc(C(=N[Si](C)(C)C)C(F)(F)F)c1. The fourth-order valence-electron chi connectivity index (χ4n) is 4.53. The molecular formula is C41H48F12N4O2S4Si. The average molecular weight is 1010 g/mol. The molecule has 0 saturated carbocycles. The van der Waals surface area contributed by atoms with Crippen molar-refractivity contribution in [1.29, 1.82) is 10.8 Å². The highest BCUT2D eigenvalue weighted by molar-refractivity contribution is 7.99. The van der Waals surface area contributed by atoms with Gasteiger partial charge in [0, 0.05) is 56.1 Å². The number of thioether (sulfide) groups is 4. The molecule has 0 radical (unpaired) electrons. The molecule has 0 aromatic heterocycles. The van der Waals surface area contributed by atoms with Gasteiger partial charge in [-0.2, -0.15) is 52.7 Å². The van der Waals surface area contributed by atoms with Gasteiger partial charge in [0.15, 0.2) is 8.24 Å². The van der Waals surface area contributed by atoms with Gasteiger partial charge in [0.1, 0.15) is 17.1 Å². The van der Waals surface area contributed by atoms with Crippen molar-refractivity contribution in [2.75, 3.05) is 39.2 Å². The Morgan fingerprint density at radius 3 is 1.14 bits per heavy atom. The second-order valence-corrected chi connectivity index (χ2v) is 21.3. The molecule has 0 amide bonds. The number of aliphatic hydroxyl groups is 1. The van der Waals surface area contributed by atoms with Crippen LogP contribution < -0.4 is 5.73 Å². The van der Waals surface area contributed by atoms with E-state index in [0.717, 1.165) is 28.9 Å². The maximum atomic E-state index is 13.1. The van der Waals surface area contributed by atoms with E-state index in [0.29, 0.717) is 4.90 Å². The Bertz CT molecular complexity index is 2040. The molecule has 0 aliphatic rings. The first-order valence-electron chi connectivity index (χ1n) is 17.8. The van der Waals surface area contributed by atoms with Gasteiger partial charge in [-0.1, -0.05) is 48.5 Å². The first-order chi connectivity index (χ1) is 29.4. The maximum Gasteiger partial charge on any atom is 0.435 e. The zero-order chi connectivity index (χ0) is 49.9. The number of ether oxygens (including phenoxy) is 1. The molecule has 64 heavy (non-hydrogen) atoms. The van der Waals surface area contributed by atoms with Crippen LogP contribution in [-0.4, -0.2) is 94.4 Å². The molecule has 1 atom stereocenters. The monoisotopic (exact) mass is 1010 g/mol. The number of methoxy groups -OCH3 is 1. The molecule has 1 unspecified atom stereocenters. The van der Waals surface area contributed by atoms with Gasteiger partial charge in [-0.15, -0.1) is 47.0 Å². The summed E-state index contributed by atoms with van der Waals surface area (Å²) in [6.07, 6.45) is -11.0. The number of nitrogens with zero attached hydrogens (tertiary/aromatic N) is 1. The predicted molar refractivity (Wildman–Crippen MR) is 242 cm³/mol. The number of benzene rings is 4. The molecule has 0 fully saturated rings. The van der Waals surface area contributed by atoms with Crippen LogP contribution in [0.3, 0.4) is 0 Å². The minimum Gasteiger partial charge on any atom is -0.400 e. The summed E-state index contributed by atoms with van der Waals surface area (Å²) in [6, 6.07) is 24.1. The Balaban J connectivity index is 0.000000819. The van der Waals surface area contributed by atoms with Crippen LogP contribution >= 0.6 is 47.0 Å². The highest BCUT2D eigenvalue weighted by Gasteiger charge is 2.54. The van der Waals surface area contributed by atoms with Crippen molar-refractivity contribution in [2.24, 2.45) is 10.4 Å². The van der Waals surface area contributed by atoms with Gasteiger partial charge in [-0.05, 0) is 93.2 Å². The lowest BCUT2D eigenvalue weighted by molar-refractivity contribution is -0.274. The summed E-state index contributed by atoms with van der Waals surface area (Å²) in [6.45, 7) is 5.37. The van der Waals surface area contributed by atoms with Crippen molar-refractivity contribution in [3.63, 3.8) is 0 Å². The quantitative estimate of drug-likeness (QED) is 0.0411. The van der Waals surface area contributed by atoms with Gasteiger partial charge < -0.3 is 14.5 Å². The van der Waals surface area contributed by atoms with Crippen LogP contribution in [0.25, 0.3) is 0 Å². The maximum absolute atomic E-state index is 13.1. The standard InChI is InChI=1S/C12H16F3NSSi.C10H12F3NOS.2C9H8F3NS.CH4O/c1-17-10-7-5-6-9(8-10)11(12(13,14)15)16-18(2,3)4;1-15-9(14,10(11,12)13)7-4-3-5-8(6-7)16-2;2*1-14-7-4-2-3-6(5-7)8(13)9(10,11)12;1-2/h5-8H,1-4H3;3-6H,14H2,1-2H3;2*2-5,13H,1H3;2H,1H3. The fraction of sp³-hybridized carbons (Fsp3) is 0.341. The van der Waals surface area contributed by atoms with Crippen LogP contribution in [0.2, 0.25) is 19.6 Å². The van der Waals surface area contributed by atoms with Crippen LogP contribution in [0.5, 0.6) is 0 Å². The number of aliphatic hydroxyl groups excluding tert-OH is 1. The van der Waals surface area contributed by atoms with E-state index in [-0.39, 0.29) is 22.3 Å². The summed E-state index contributed by atoms with van der Waals surface area (Å²) in [5.74, 6) is 0. The number of rotatable bonds is 10. The summed E-state index contributed by atoms with van der Waals surface area (Å²) in [5.41, 5.74) is -0.975. The molecule has 0 bridgehead atoms. The van der Waals surface area contributed by atoms with Crippen LogP contribution in [0.4, 0.5) is 52.7 Å². The second-order valence-electron chi connectivity index (χ2n) is 13.2. The minimum absolute atomic E-state index is 0.0932. The molecule has 5 N–H and O–H groups in total. The van der Waals surface area contributed by atoms with Crippen molar-refractivity contribution in [2.45, 2.75) is 69.7 Å². The van der Waals surface area contributed by atoms with Crippen LogP contribution in [0.1, 0.15) is 22.3 Å². The Kier molecular flexibility index (Phi) is 25.2. The van der Waals surface area contributed by atoms with E-state index in [1.807, 2.05) is 6.26 Å². The van der Waals surface area contributed by atoms with Gasteiger partial charge >= 0.3 is 24.7 Å². The van der Waals surface area contributed by atoms with E-state index in [1.165, 1.54) is 114 Å². The number of halogens is 12. The zero-order valence-corrected chi connectivity index (χ0v) is 40.1. The first-order valence-corrected chi connectivity index (χ1v) is 26.1. The van der Waals surface area contributed by atoms with E-state index >= 15 is 0 Å². The lowest BCUT2D eigenvalue weighted by atomic mass is 10.0. The molecule has 0 heterocycles. The predicted octanol–water partition coefficient (Wildman–Crippen LogP) is 13.6. The van der Waals surface area contributed by atoms with Crippen molar-refractivity contribution in [3.05, 3.63) is 119 Å². The van der Waals surface area contributed by atoms with E-state index in [4.69, 9.17) is 21.7 Å². The Labute approximate surface area is 382 Å². The molecule has 0 spiro atoms. The number of alkyl halides is 12. The summed E-state index contributed by atoms with van der Waals surface area (Å²) in [5, 5.41) is 20.8. The molecular weight excluding hydrogens is 965 g/mol. The molecule has 6 nitrogen and oxygen atoms in total. The highest BCUT2D eigenvalue weighted by Crippen LogP contribution is 2.38.